The van der Waals surface area contributed by atoms with Gasteiger partial charge in [0.05, 0.1) is 26.4 Å². The summed E-state index contributed by atoms with van der Waals surface area (Å²) in [5.74, 6) is -0.425. The standard InChI is InChI=1S/C45H81O9P/c1-3-5-7-9-11-13-15-17-19-20-21-22-24-26-28-30-32-34-36-38-51-41-44(42-53-55(49,50)52-40-43(47)39-46)54-45(48)37-35-33-31-29-27-25-23-18-16-14-12-10-8-6-4-2/h6,8,12,14,18-20,23,27,29,43-44,46-47H,3-5,7,9-11,13,15-17,21-22,24-26,28,30-42H2,1-2H3,(H,49,50)/b8-6-,14-12-,20-19-,23-18-,29-27-. The van der Waals surface area contributed by atoms with Gasteiger partial charge in [0.25, 0.3) is 0 Å². The molecule has 0 bridgehead atoms. The van der Waals surface area contributed by atoms with Gasteiger partial charge >= 0.3 is 13.8 Å². The number of ether oxygens (including phenoxy) is 2. The van der Waals surface area contributed by atoms with Crippen LogP contribution in [-0.4, -0.2) is 66.3 Å². The number of phosphoric ester groups is 1. The first-order chi connectivity index (χ1) is 26.8. The van der Waals surface area contributed by atoms with Crippen LogP contribution in [-0.2, 0) is 27.9 Å². The normalized spacial score (nSPS) is 14.6. The van der Waals surface area contributed by atoms with Gasteiger partial charge < -0.3 is 24.6 Å². The fourth-order valence-electron chi connectivity index (χ4n) is 5.63. The molecule has 0 heterocycles. The minimum Gasteiger partial charge on any atom is -0.457 e. The lowest BCUT2D eigenvalue weighted by Crippen LogP contribution is -2.29. The van der Waals surface area contributed by atoms with E-state index in [0.717, 1.165) is 57.8 Å². The van der Waals surface area contributed by atoms with Crippen LogP contribution in [0, 0.1) is 0 Å². The number of unbranched alkanes of at least 4 members (excludes halogenated alkanes) is 17. The minimum absolute atomic E-state index is 0.0282. The van der Waals surface area contributed by atoms with Crippen LogP contribution in [0.1, 0.15) is 174 Å². The van der Waals surface area contributed by atoms with Crippen LogP contribution in [0.15, 0.2) is 60.8 Å². The number of carbonyl (C=O) groups is 1. The highest BCUT2D eigenvalue weighted by molar-refractivity contribution is 7.47. The molecule has 3 N–H and O–H groups in total. The molecular weight excluding hydrogens is 715 g/mol. The second kappa shape index (κ2) is 41.8. The lowest BCUT2D eigenvalue weighted by molar-refractivity contribution is -0.154. The van der Waals surface area contributed by atoms with Crippen molar-refractivity contribution < 1.29 is 43.0 Å². The van der Waals surface area contributed by atoms with E-state index in [0.29, 0.717) is 13.0 Å². The molecule has 0 aromatic rings. The summed E-state index contributed by atoms with van der Waals surface area (Å²) in [5.41, 5.74) is 0. The summed E-state index contributed by atoms with van der Waals surface area (Å²) < 4.78 is 33.3. The maximum atomic E-state index is 12.6. The van der Waals surface area contributed by atoms with Crippen molar-refractivity contribution in [2.45, 2.75) is 187 Å². The van der Waals surface area contributed by atoms with E-state index in [4.69, 9.17) is 23.6 Å². The van der Waals surface area contributed by atoms with E-state index in [1.54, 1.807) is 0 Å². The summed E-state index contributed by atoms with van der Waals surface area (Å²) in [7, 11) is -4.53. The van der Waals surface area contributed by atoms with Crippen molar-refractivity contribution in [3.63, 3.8) is 0 Å². The average Bonchev–Trinajstić information content (AvgIpc) is 3.18. The Bertz CT molecular complexity index is 1040. The van der Waals surface area contributed by atoms with Gasteiger partial charge in [-0.2, -0.15) is 0 Å². The van der Waals surface area contributed by atoms with Crippen molar-refractivity contribution in [2.24, 2.45) is 0 Å². The predicted molar refractivity (Wildman–Crippen MR) is 228 cm³/mol. The number of rotatable bonds is 41. The maximum Gasteiger partial charge on any atom is 0.472 e. The molecule has 3 atom stereocenters. The van der Waals surface area contributed by atoms with Crippen LogP contribution >= 0.6 is 7.82 Å². The van der Waals surface area contributed by atoms with E-state index < -0.39 is 45.8 Å². The van der Waals surface area contributed by atoms with Gasteiger partial charge in [0, 0.05) is 13.0 Å². The maximum absolute atomic E-state index is 12.6. The third-order valence-electron chi connectivity index (χ3n) is 8.94. The quantitative estimate of drug-likeness (QED) is 0.0239. The molecule has 10 heteroatoms. The molecule has 0 aromatic heterocycles. The van der Waals surface area contributed by atoms with Crippen molar-refractivity contribution in [1.82, 2.24) is 0 Å². The lowest BCUT2D eigenvalue weighted by atomic mass is 10.1. The summed E-state index contributed by atoms with van der Waals surface area (Å²) in [6.45, 7) is 3.33. The van der Waals surface area contributed by atoms with Crippen LogP contribution in [0.3, 0.4) is 0 Å². The highest BCUT2D eigenvalue weighted by Crippen LogP contribution is 2.43. The number of hydrogen-bond acceptors (Lipinski definition) is 8. The molecule has 0 aromatic carbocycles. The number of aliphatic hydroxyl groups is 2. The summed E-state index contributed by atoms with van der Waals surface area (Å²) >= 11 is 0. The molecule has 0 radical (unpaired) electrons. The fraction of sp³-hybridized carbons (Fsp3) is 0.756. The van der Waals surface area contributed by atoms with Crippen LogP contribution in [0.5, 0.6) is 0 Å². The first kappa shape index (κ1) is 53.2. The van der Waals surface area contributed by atoms with Gasteiger partial charge in [-0.15, -0.1) is 0 Å². The van der Waals surface area contributed by atoms with Gasteiger partial charge in [0.1, 0.15) is 12.2 Å². The molecule has 0 aliphatic rings. The summed E-state index contributed by atoms with van der Waals surface area (Å²) in [6.07, 6.45) is 47.6. The van der Waals surface area contributed by atoms with Crippen molar-refractivity contribution in [1.29, 1.82) is 0 Å². The summed E-state index contributed by atoms with van der Waals surface area (Å²) in [5, 5.41) is 18.3. The average molecular weight is 797 g/mol. The summed E-state index contributed by atoms with van der Waals surface area (Å²) in [6, 6.07) is 0. The molecule has 0 saturated carbocycles. The Labute approximate surface area is 336 Å². The highest BCUT2D eigenvalue weighted by atomic mass is 31.2. The van der Waals surface area contributed by atoms with Crippen LogP contribution < -0.4 is 0 Å². The van der Waals surface area contributed by atoms with E-state index in [9.17, 15) is 19.4 Å². The Morgan fingerprint density at radius 3 is 1.58 bits per heavy atom. The van der Waals surface area contributed by atoms with Gasteiger partial charge in [-0.3, -0.25) is 13.8 Å². The van der Waals surface area contributed by atoms with E-state index >= 15 is 0 Å². The predicted octanol–water partition coefficient (Wildman–Crippen LogP) is 12.0. The van der Waals surface area contributed by atoms with Gasteiger partial charge in [0.2, 0.25) is 0 Å². The molecule has 0 aliphatic heterocycles. The number of aliphatic hydroxyl groups excluding tert-OH is 2. The molecule has 0 spiro atoms. The van der Waals surface area contributed by atoms with Crippen LogP contribution in [0.4, 0.5) is 0 Å². The number of hydrogen-bond donors (Lipinski definition) is 3. The second-order valence-electron chi connectivity index (χ2n) is 14.3. The molecule has 0 rings (SSSR count). The Morgan fingerprint density at radius 2 is 1.04 bits per heavy atom. The van der Waals surface area contributed by atoms with Gasteiger partial charge in [0.15, 0.2) is 0 Å². The monoisotopic (exact) mass is 797 g/mol. The zero-order valence-corrected chi connectivity index (χ0v) is 35.8. The molecule has 0 fully saturated rings. The third-order valence-corrected chi connectivity index (χ3v) is 9.89. The minimum atomic E-state index is -4.53. The molecule has 0 aliphatic carbocycles. The topological polar surface area (TPSA) is 132 Å². The Morgan fingerprint density at radius 1 is 0.582 bits per heavy atom. The van der Waals surface area contributed by atoms with Gasteiger partial charge in [-0.25, -0.2) is 4.57 Å². The number of esters is 1. The van der Waals surface area contributed by atoms with Crippen molar-refractivity contribution in [3.8, 4) is 0 Å². The SMILES string of the molecule is CC/C=C\C/C=C\C/C=C\C/C=C\CCCCC(=O)OC(COCCCCCCCCCC/C=C\CCCCCCCCC)COP(=O)(O)OCC(O)CO. The highest BCUT2D eigenvalue weighted by Gasteiger charge is 2.26. The molecular formula is C45H81O9P. The second-order valence-corrected chi connectivity index (χ2v) is 15.8. The van der Waals surface area contributed by atoms with Gasteiger partial charge in [-0.1, -0.05) is 152 Å². The van der Waals surface area contributed by atoms with Crippen molar-refractivity contribution >= 4 is 13.8 Å². The molecule has 9 nitrogen and oxygen atoms in total. The van der Waals surface area contributed by atoms with E-state index in [-0.39, 0.29) is 13.0 Å². The zero-order valence-electron chi connectivity index (χ0n) is 34.9. The third kappa shape index (κ3) is 41.6. The number of phosphoric acid groups is 1. The van der Waals surface area contributed by atoms with Gasteiger partial charge in [-0.05, 0) is 77.0 Å². The lowest BCUT2D eigenvalue weighted by Gasteiger charge is -2.20. The fourth-order valence-corrected chi connectivity index (χ4v) is 6.42. The first-order valence-electron chi connectivity index (χ1n) is 21.8. The largest absolute Gasteiger partial charge is 0.472 e. The molecule has 0 amide bonds. The number of allylic oxidation sites excluding steroid dienone is 10. The molecule has 3 unspecified atom stereocenters. The smallest absolute Gasteiger partial charge is 0.457 e. The van der Waals surface area contributed by atoms with E-state index in [1.807, 2.05) is 0 Å². The Balaban J connectivity index is 4.22. The molecule has 0 saturated heterocycles. The van der Waals surface area contributed by atoms with E-state index in [1.165, 1.54) is 89.9 Å². The molecule has 320 valence electrons. The van der Waals surface area contributed by atoms with Crippen LogP contribution in [0.2, 0.25) is 0 Å². The zero-order chi connectivity index (χ0) is 40.3. The Kier molecular flexibility index (Phi) is 40.4. The summed E-state index contributed by atoms with van der Waals surface area (Å²) in [4.78, 5) is 22.5. The Hall–Kier alpha value is -1.84. The number of carbonyl (C=O) groups excluding carboxylic acids is 1. The first-order valence-corrected chi connectivity index (χ1v) is 23.3. The van der Waals surface area contributed by atoms with E-state index in [2.05, 4.69) is 74.6 Å². The van der Waals surface area contributed by atoms with Crippen molar-refractivity contribution in [3.05, 3.63) is 60.8 Å². The molecule has 55 heavy (non-hydrogen) atoms. The van der Waals surface area contributed by atoms with Crippen LogP contribution in [0.25, 0.3) is 0 Å². The van der Waals surface area contributed by atoms with Crippen molar-refractivity contribution in [2.75, 3.05) is 33.0 Å².